The van der Waals surface area contributed by atoms with E-state index in [0.717, 1.165) is 4.88 Å². The number of ether oxygens (including phenoxy) is 3. The van der Waals surface area contributed by atoms with E-state index in [-0.39, 0.29) is 28.9 Å². The fraction of sp³-hybridized carbons (Fsp3) is 0.316. The molecule has 0 unspecified atom stereocenters. The third-order valence-electron chi connectivity index (χ3n) is 3.85. The van der Waals surface area contributed by atoms with Gasteiger partial charge in [0, 0.05) is 18.3 Å². The van der Waals surface area contributed by atoms with Crippen molar-refractivity contribution in [3.63, 3.8) is 0 Å². The van der Waals surface area contributed by atoms with Gasteiger partial charge in [0.1, 0.15) is 13.2 Å². The Balaban J connectivity index is 1.56. The van der Waals surface area contributed by atoms with Crippen molar-refractivity contribution in [2.24, 2.45) is 0 Å². The third-order valence-corrected chi connectivity index (χ3v) is 5.32. The Morgan fingerprint density at radius 3 is 2.79 bits per heavy atom. The van der Waals surface area contributed by atoms with Gasteiger partial charge in [-0.3, -0.25) is 9.59 Å². The molecule has 0 aliphatic carbocycles. The minimum atomic E-state index is -0.672. The van der Waals surface area contributed by atoms with Crippen LogP contribution in [0.3, 0.4) is 0 Å². The molecule has 0 radical (unpaired) electrons. The van der Waals surface area contributed by atoms with Gasteiger partial charge in [-0.05, 0) is 30.7 Å². The standard InChI is InChI=1S/C19H18ClNO6S/c1-11(22)21-5-4-13-2-3-17(28-13)15(23)10-27-19(24)12-8-14(20)18-16(9-12)25-6-7-26-18/h2-3,8-9H,4-7,10H2,1H3,(H,21,22). The minimum absolute atomic E-state index is 0.0981. The van der Waals surface area contributed by atoms with Crippen LogP contribution in [0.2, 0.25) is 5.02 Å². The lowest BCUT2D eigenvalue weighted by Crippen LogP contribution is -2.22. The summed E-state index contributed by atoms with van der Waals surface area (Å²) in [4.78, 5) is 36.9. The molecule has 0 saturated heterocycles. The second kappa shape index (κ2) is 9.07. The topological polar surface area (TPSA) is 90.9 Å². The largest absolute Gasteiger partial charge is 0.486 e. The predicted octanol–water partition coefficient (Wildman–Crippen LogP) is 2.89. The second-order valence-electron chi connectivity index (χ2n) is 5.98. The number of amides is 1. The van der Waals surface area contributed by atoms with Crippen LogP contribution in [0.15, 0.2) is 24.3 Å². The summed E-state index contributed by atoms with van der Waals surface area (Å²) < 4.78 is 16.0. The van der Waals surface area contributed by atoms with E-state index in [9.17, 15) is 14.4 Å². The first-order chi connectivity index (χ1) is 13.4. The lowest BCUT2D eigenvalue weighted by molar-refractivity contribution is -0.118. The van der Waals surface area contributed by atoms with Gasteiger partial charge in [-0.2, -0.15) is 0 Å². The fourth-order valence-corrected chi connectivity index (χ4v) is 3.73. The highest BCUT2D eigenvalue weighted by atomic mass is 35.5. The number of Topliss-reactive ketones (excluding diaryl/α,β-unsaturated/α-hetero) is 1. The fourth-order valence-electron chi connectivity index (χ4n) is 2.54. The van der Waals surface area contributed by atoms with E-state index in [1.54, 1.807) is 6.07 Å². The number of esters is 1. The SMILES string of the molecule is CC(=O)NCCc1ccc(C(=O)COC(=O)c2cc(Cl)c3c(c2)OCCO3)s1. The number of halogens is 1. The van der Waals surface area contributed by atoms with Gasteiger partial charge in [0.25, 0.3) is 0 Å². The molecule has 9 heteroatoms. The number of ketones is 1. The van der Waals surface area contributed by atoms with Gasteiger partial charge in [-0.15, -0.1) is 11.3 Å². The smallest absolute Gasteiger partial charge is 0.338 e. The summed E-state index contributed by atoms with van der Waals surface area (Å²) in [5, 5.41) is 2.95. The van der Waals surface area contributed by atoms with Crippen molar-refractivity contribution in [2.45, 2.75) is 13.3 Å². The molecule has 2 heterocycles. The van der Waals surface area contributed by atoms with E-state index >= 15 is 0 Å². The summed E-state index contributed by atoms with van der Waals surface area (Å²) in [6.07, 6.45) is 0.632. The molecule has 1 aromatic heterocycles. The Bertz CT molecular complexity index is 910. The number of hydrogen-bond acceptors (Lipinski definition) is 7. The molecular formula is C19H18ClNO6S. The van der Waals surface area contributed by atoms with Gasteiger partial charge in [-0.1, -0.05) is 11.6 Å². The maximum atomic E-state index is 12.3. The zero-order chi connectivity index (χ0) is 20.1. The molecule has 148 valence electrons. The number of carbonyl (C=O) groups is 3. The predicted molar refractivity (Wildman–Crippen MR) is 104 cm³/mol. The average Bonchev–Trinajstić information content (AvgIpc) is 3.14. The zero-order valence-electron chi connectivity index (χ0n) is 15.1. The molecule has 0 spiro atoms. The minimum Gasteiger partial charge on any atom is -0.486 e. The number of fused-ring (bicyclic) bond motifs is 1. The van der Waals surface area contributed by atoms with Crippen LogP contribution in [0.4, 0.5) is 0 Å². The van der Waals surface area contributed by atoms with Crippen molar-refractivity contribution in [3.8, 4) is 11.5 Å². The van der Waals surface area contributed by atoms with Crippen LogP contribution in [-0.4, -0.2) is 44.0 Å². The summed E-state index contributed by atoms with van der Waals surface area (Å²) in [6, 6.07) is 6.42. The van der Waals surface area contributed by atoms with Crippen molar-refractivity contribution >= 4 is 40.6 Å². The van der Waals surface area contributed by atoms with Gasteiger partial charge >= 0.3 is 5.97 Å². The first-order valence-electron chi connectivity index (χ1n) is 8.56. The number of hydrogen-bond donors (Lipinski definition) is 1. The van der Waals surface area contributed by atoms with Gasteiger partial charge in [-0.25, -0.2) is 4.79 Å². The zero-order valence-corrected chi connectivity index (χ0v) is 16.7. The first-order valence-corrected chi connectivity index (χ1v) is 9.76. The third kappa shape index (κ3) is 5.02. The Morgan fingerprint density at radius 1 is 1.21 bits per heavy atom. The van der Waals surface area contributed by atoms with Gasteiger partial charge in [0.2, 0.25) is 11.7 Å². The molecule has 3 rings (SSSR count). The van der Waals surface area contributed by atoms with Gasteiger partial charge < -0.3 is 19.5 Å². The van der Waals surface area contributed by atoms with E-state index < -0.39 is 5.97 Å². The molecule has 7 nitrogen and oxygen atoms in total. The Kier molecular flexibility index (Phi) is 6.53. The Hall–Kier alpha value is -2.58. The lowest BCUT2D eigenvalue weighted by atomic mass is 10.2. The number of carbonyl (C=O) groups excluding carboxylic acids is 3. The van der Waals surface area contributed by atoms with E-state index in [2.05, 4.69) is 5.32 Å². The van der Waals surface area contributed by atoms with Crippen molar-refractivity contribution < 1.29 is 28.6 Å². The molecule has 2 aromatic rings. The van der Waals surface area contributed by atoms with E-state index in [1.165, 1.54) is 30.4 Å². The molecule has 28 heavy (non-hydrogen) atoms. The highest BCUT2D eigenvalue weighted by Crippen LogP contribution is 2.38. The second-order valence-corrected chi connectivity index (χ2v) is 7.56. The lowest BCUT2D eigenvalue weighted by Gasteiger charge is -2.19. The summed E-state index contributed by atoms with van der Waals surface area (Å²) in [5.74, 6) is -0.300. The van der Waals surface area contributed by atoms with Gasteiger partial charge in [0.05, 0.1) is 15.5 Å². The molecule has 1 aliphatic rings. The van der Waals surface area contributed by atoms with E-state index in [4.69, 9.17) is 25.8 Å². The van der Waals surface area contributed by atoms with Crippen molar-refractivity contribution in [1.29, 1.82) is 0 Å². The summed E-state index contributed by atoms with van der Waals surface area (Å²) >= 11 is 7.42. The highest BCUT2D eigenvalue weighted by molar-refractivity contribution is 7.14. The number of nitrogens with one attached hydrogen (secondary N) is 1. The van der Waals surface area contributed by atoms with Crippen LogP contribution in [0.5, 0.6) is 11.5 Å². The number of benzene rings is 1. The molecule has 1 amide bonds. The summed E-state index contributed by atoms with van der Waals surface area (Å²) in [7, 11) is 0. The Morgan fingerprint density at radius 2 is 2.00 bits per heavy atom. The van der Waals surface area contributed by atoms with Crippen LogP contribution in [-0.2, 0) is 16.0 Å². The molecular weight excluding hydrogens is 406 g/mol. The number of thiophene rings is 1. The Labute approximate surface area is 170 Å². The van der Waals surface area contributed by atoms with Crippen LogP contribution in [0.25, 0.3) is 0 Å². The van der Waals surface area contributed by atoms with E-state index in [1.807, 2.05) is 6.07 Å². The molecule has 0 bridgehead atoms. The quantitative estimate of drug-likeness (QED) is 0.544. The average molecular weight is 424 g/mol. The monoisotopic (exact) mass is 423 g/mol. The number of rotatable bonds is 7. The molecule has 0 saturated carbocycles. The normalized spacial score (nSPS) is 12.4. The van der Waals surface area contributed by atoms with Crippen LogP contribution >= 0.6 is 22.9 Å². The van der Waals surface area contributed by atoms with Crippen molar-refractivity contribution in [3.05, 3.63) is 44.6 Å². The molecule has 0 fully saturated rings. The van der Waals surface area contributed by atoms with Crippen molar-refractivity contribution in [1.82, 2.24) is 5.32 Å². The molecule has 1 N–H and O–H groups in total. The molecule has 1 aliphatic heterocycles. The maximum Gasteiger partial charge on any atom is 0.338 e. The van der Waals surface area contributed by atoms with Crippen molar-refractivity contribution in [2.75, 3.05) is 26.4 Å². The molecule has 1 aromatic carbocycles. The van der Waals surface area contributed by atoms with Gasteiger partial charge in [0.15, 0.2) is 18.1 Å². The van der Waals surface area contributed by atoms with E-state index in [0.29, 0.717) is 42.6 Å². The maximum absolute atomic E-state index is 12.3. The summed E-state index contributed by atoms with van der Waals surface area (Å²) in [6.45, 7) is 2.33. The molecule has 0 atom stereocenters. The van der Waals surface area contributed by atoms with Crippen LogP contribution in [0.1, 0.15) is 31.8 Å². The highest BCUT2D eigenvalue weighted by Gasteiger charge is 2.21. The van der Waals surface area contributed by atoms with Crippen LogP contribution < -0.4 is 14.8 Å². The van der Waals surface area contributed by atoms with Crippen LogP contribution in [0, 0.1) is 0 Å². The first kappa shape index (κ1) is 20.2. The summed E-state index contributed by atoms with van der Waals surface area (Å²) in [5.41, 5.74) is 0.184.